The fourth-order valence-electron chi connectivity index (χ4n) is 12.0. The fourth-order valence-corrected chi connectivity index (χ4v) is 179. The number of halogens is 1. The number of para-hydroxylation sites is 4. The average Bonchev–Trinajstić information content (AvgIpc) is 1.55. The second-order valence-electron chi connectivity index (χ2n) is 23.9. The first kappa shape index (κ1) is 76.0. The Labute approximate surface area is 610 Å². The molecule has 30 heteroatoms. The highest BCUT2D eigenvalue weighted by atomic mass is 79.9. The summed E-state index contributed by atoms with van der Waals surface area (Å²) in [7, 11) is 20.1. The third-order valence-electron chi connectivity index (χ3n) is 17.3. The molecule has 0 bridgehead atoms. The molecule has 10 nitrogen and oxygen atoms in total. The van der Waals surface area contributed by atoms with Crippen LogP contribution in [0.3, 0.4) is 0 Å². The first-order chi connectivity index (χ1) is 46.6. The summed E-state index contributed by atoms with van der Waals surface area (Å²) in [6.07, 6.45) is 0. The number of hydrogen-bond acceptors (Lipinski definition) is 8. The zero-order valence-electron chi connectivity index (χ0n) is 53.2. The smallest absolute Gasteiger partial charge is 0.399 e. The summed E-state index contributed by atoms with van der Waals surface area (Å²) in [5.74, 6) is -0.518. The quantitative estimate of drug-likeness (QED) is 0.0977. The molecule has 3 aliphatic heterocycles. The molecule has 0 amide bonds. The van der Waals surface area contributed by atoms with Crippen LogP contribution in [0, 0.1) is 0 Å². The lowest BCUT2D eigenvalue weighted by molar-refractivity contribution is 0.00578. The molecule has 0 saturated carbocycles. The van der Waals surface area contributed by atoms with Crippen molar-refractivity contribution in [3.05, 3.63) is 257 Å². The Morgan fingerprint density at radius 3 is 1.11 bits per heavy atom. The highest BCUT2D eigenvalue weighted by Gasteiger charge is 2.52. The number of rotatable bonds is 10. The molecule has 0 radical (unpaired) electrons. The van der Waals surface area contributed by atoms with Crippen molar-refractivity contribution in [2.75, 3.05) is 0 Å². The summed E-state index contributed by atoms with van der Waals surface area (Å²) in [5, 5.41) is 4.94. The Morgan fingerprint density at radius 2 is 0.714 bits per heavy atom. The van der Waals surface area contributed by atoms with E-state index >= 15 is 0 Å². The Bertz CT molecular complexity index is 5190. The molecule has 15 rings (SSSR count). The van der Waals surface area contributed by atoms with E-state index in [0.29, 0.717) is 4.47 Å². The molecule has 0 N–H and O–H groups in total. The van der Waals surface area contributed by atoms with E-state index in [-0.39, 0.29) is 121 Å². The Morgan fingerprint density at radius 1 is 0.378 bits per heavy atom. The summed E-state index contributed by atoms with van der Waals surface area (Å²) in [6, 6.07) is 72.8. The second kappa shape index (κ2) is 31.4. The van der Waals surface area contributed by atoms with Crippen molar-refractivity contribution in [3.8, 4) is 22.5 Å². The average molecular weight is 1690 g/mol. The maximum atomic E-state index is 13.2. The molecule has 1 saturated heterocycles. The van der Waals surface area contributed by atoms with E-state index in [1.54, 1.807) is 66.7 Å². The minimum Gasteiger partial charge on any atom is -0.399 e. The zero-order chi connectivity index (χ0) is 69.9. The van der Waals surface area contributed by atoms with Gasteiger partial charge in [0.2, 0.25) is 19.7 Å². The van der Waals surface area contributed by atoms with Gasteiger partial charge in [0, 0.05) is 59.6 Å². The maximum absolute atomic E-state index is 13.2. The molecule has 12 aromatic rings. The number of benzene rings is 10. The van der Waals surface area contributed by atoms with E-state index in [4.69, 9.17) is 9.31 Å². The lowest BCUT2D eigenvalue weighted by Gasteiger charge is -2.40. The van der Waals surface area contributed by atoms with Crippen LogP contribution < -0.4 is 5.46 Å². The number of aromatic nitrogens is 2. The van der Waals surface area contributed by atoms with Gasteiger partial charge in [-0.05, 0) is 196 Å². The number of carbonyl (C=O) groups is 2. The van der Waals surface area contributed by atoms with Gasteiger partial charge in [0.25, 0.3) is 0 Å². The van der Waals surface area contributed by atoms with E-state index in [0.717, 1.165) is 39.0 Å². The highest BCUT2D eigenvalue weighted by Crippen LogP contribution is 3.24. The number of sulfone groups is 2. The monoisotopic (exact) mass is 1690 g/mol. The topological polar surface area (TPSA) is 131 Å². The number of hydrogen-bond donors (Lipinski definition) is 0. The standard InChI is InChI=1S/C31H19NO3S.C24H24BNO2.C13H7BrO3S.H18P16/c33-31-25-9-3-6-12-29(25)36(34,35)30-18-15-21(19-26(30)31)20-13-16-22(17-14-20)32-27-10-4-1-7-23(27)24-8-2-5-11-28(24)32;1-23(2)24(3,4)28-25(27-23)17-13-15-18(16-14-17)26-21-11-7-5-9-19(21)20-10-6-8-12-22(20)26;14-8-5-6-12-10(7-8)13(15)9-3-1-2-4-11(9)18(12,16)17;1-10(2)14(9)16(13(7)8)15(11(3)4)12(5)6/h1-19H;5-16H,1-4H3;1-7H;1-9H2. The van der Waals surface area contributed by atoms with Gasteiger partial charge in [-0.25, -0.2) is 16.8 Å². The van der Waals surface area contributed by atoms with Crippen LogP contribution in [0.5, 0.6) is 0 Å². The van der Waals surface area contributed by atoms with Crippen LogP contribution in [0.15, 0.2) is 255 Å². The van der Waals surface area contributed by atoms with Gasteiger partial charge in [0.05, 0.1) is 52.9 Å². The van der Waals surface area contributed by atoms with E-state index in [2.05, 4.69) is 254 Å². The molecule has 3 aliphatic rings. The van der Waals surface area contributed by atoms with Crippen LogP contribution in [0.1, 0.15) is 59.5 Å². The molecule has 2 aromatic heterocycles. The Hall–Kier alpha value is -1.62. The lowest BCUT2D eigenvalue weighted by Crippen LogP contribution is -2.41. The van der Waals surface area contributed by atoms with Crippen molar-refractivity contribution in [2.45, 2.75) is 58.5 Å². The summed E-state index contributed by atoms with van der Waals surface area (Å²) in [6.45, 7) is 9.07. The fraction of sp³-hybridized carbons (Fsp3) is 0.0882. The third kappa shape index (κ3) is 15.1. The molecular formula is C68H68BBrN2O8P16S2. The van der Waals surface area contributed by atoms with Crippen molar-refractivity contribution in [3.63, 3.8) is 0 Å². The van der Waals surface area contributed by atoms with E-state index in [9.17, 15) is 26.4 Å². The normalized spacial score (nSPS) is 16.1. The van der Waals surface area contributed by atoms with Crippen molar-refractivity contribution in [2.24, 2.45) is 0 Å². The summed E-state index contributed by atoms with van der Waals surface area (Å²) >= 11 is 3.25. The van der Waals surface area contributed by atoms with Gasteiger partial charge in [-0.15, -0.1) is 80.4 Å². The lowest BCUT2D eigenvalue weighted by atomic mass is 9.79. The minimum atomic E-state index is -3.74. The molecule has 98 heavy (non-hydrogen) atoms. The molecule has 11 atom stereocenters. The van der Waals surface area contributed by atoms with Gasteiger partial charge in [0.15, 0.2) is 11.6 Å². The van der Waals surface area contributed by atoms with Crippen LogP contribution in [-0.2, 0) is 29.0 Å². The number of nitrogens with zero attached hydrogens (tertiary/aromatic N) is 2. The third-order valence-corrected chi connectivity index (χ3v) is 118. The molecular weight excluding hydrogens is 1620 g/mol. The van der Waals surface area contributed by atoms with E-state index in [1.165, 1.54) is 50.8 Å². The van der Waals surface area contributed by atoms with Crippen LogP contribution in [0.2, 0.25) is 0 Å². The van der Waals surface area contributed by atoms with Gasteiger partial charge < -0.3 is 18.4 Å². The number of ketones is 2. The van der Waals surface area contributed by atoms with E-state index in [1.807, 2.05) is 24.3 Å². The molecule has 500 valence electrons. The van der Waals surface area contributed by atoms with Gasteiger partial charge in [-0.3, -0.25) is 9.59 Å². The first-order valence-corrected chi connectivity index (χ1v) is 62.1. The van der Waals surface area contributed by atoms with Gasteiger partial charge in [-0.2, -0.15) is 0 Å². The van der Waals surface area contributed by atoms with Gasteiger partial charge >= 0.3 is 7.12 Å². The molecule has 5 heterocycles. The minimum absolute atomic E-state index is 0.0635. The Balaban J connectivity index is 0.000000131. The SMILES string of the molecule is CC1(C)OB(c2ccc(-n3c4ccccc4c4ccccc43)cc2)OC1(C)C.O=C1c2ccccc2S(=O)(=O)c2ccc(-c3ccc(-n4c5ccccc5c5ccccc54)cc3)cc21.O=C1c2ccccc2S(=O)(=O)c2ccc(Br)cc21.PP(P)P(P)P(P(P)P)P(P(P)P)P(P)P. The highest BCUT2D eigenvalue weighted by molar-refractivity contribution is 9.30. The molecule has 0 aliphatic carbocycles. The van der Waals surface area contributed by atoms with Crippen LogP contribution in [0.25, 0.3) is 66.1 Å². The summed E-state index contributed by atoms with van der Waals surface area (Å²) in [5.41, 5.74) is 9.86. The molecule has 11 unspecified atom stereocenters. The van der Waals surface area contributed by atoms with Crippen molar-refractivity contribution >= 4 is 233 Å². The summed E-state index contributed by atoms with van der Waals surface area (Å²) in [4.78, 5) is 25.7. The zero-order valence-corrected chi connectivity index (χ0v) is 73.1. The second-order valence-corrected chi connectivity index (χ2v) is 90.3. The van der Waals surface area contributed by atoms with Gasteiger partial charge in [-0.1, -0.05) is 143 Å². The number of fused-ring (bicyclic) bond motifs is 10. The molecule has 10 aromatic carbocycles. The Kier molecular flexibility index (Phi) is 24.4. The van der Waals surface area contributed by atoms with Crippen molar-refractivity contribution in [1.29, 1.82) is 0 Å². The predicted molar refractivity (Wildman–Crippen MR) is 463 cm³/mol. The first-order valence-electron chi connectivity index (χ1n) is 30.2. The van der Waals surface area contributed by atoms with Crippen LogP contribution in [0.4, 0.5) is 0 Å². The van der Waals surface area contributed by atoms with Crippen molar-refractivity contribution < 1.29 is 35.7 Å². The van der Waals surface area contributed by atoms with Crippen LogP contribution in [-0.4, -0.2) is 55.9 Å². The summed E-state index contributed by atoms with van der Waals surface area (Å²) < 4.78 is 68.6. The molecule has 1 fully saturated rings. The molecule has 0 spiro atoms. The number of carbonyl (C=O) groups excluding carboxylic acids is 2. The van der Waals surface area contributed by atoms with Crippen LogP contribution >= 0.6 is 145 Å². The van der Waals surface area contributed by atoms with Gasteiger partial charge in [0.1, 0.15) is 0 Å². The maximum Gasteiger partial charge on any atom is 0.494 e. The van der Waals surface area contributed by atoms with E-state index < -0.39 is 19.7 Å². The largest absolute Gasteiger partial charge is 0.494 e. The predicted octanol–water partition coefficient (Wildman–Crippen LogP) is 23.7. The van der Waals surface area contributed by atoms with Crippen molar-refractivity contribution in [1.82, 2.24) is 9.13 Å².